The highest BCUT2D eigenvalue weighted by molar-refractivity contribution is 7.98. The van der Waals surface area contributed by atoms with E-state index >= 15 is 0 Å². The predicted molar refractivity (Wildman–Crippen MR) is 106 cm³/mol. The smallest absolute Gasteiger partial charge is 0.202 e. The molecule has 0 spiro atoms. The molecule has 7 nitrogen and oxygen atoms in total. The molecule has 0 aliphatic rings. The Morgan fingerprint density at radius 3 is 2.86 bits per heavy atom. The SMILES string of the molecule is COc1ccc2c(C)cc3nnc(SCc4cc(-c5ccco5)on4)n3c2c1. The summed E-state index contributed by atoms with van der Waals surface area (Å²) in [6, 6.07) is 13.6. The van der Waals surface area contributed by atoms with Gasteiger partial charge in [-0.2, -0.15) is 0 Å². The van der Waals surface area contributed by atoms with Crippen molar-refractivity contribution in [3.8, 4) is 17.3 Å². The van der Waals surface area contributed by atoms with Crippen molar-refractivity contribution >= 4 is 28.3 Å². The Labute approximate surface area is 164 Å². The van der Waals surface area contributed by atoms with Crippen LogP contribution in [0.25, 0.3) is 28.1 Å². The quantitative estimate of drug-likeness (QED) is 0.400. The van der Waals surface area contributed by atoms with E-state index in [1.165, 1.54) is 0 Å². The number of aryl methyl sites for hydroxylation is 1. The summed E-state index contributed by atoms with van der Waals surface area (Å²) in [5.41, 5.74) is 3.77. The van der Waals surface area contributed by atoms with Gasteiger partial charge in [0.1, 0.15) is 5.75 Å². The van der Waals surface area contributed by atoms with Crippen molar-refractivity contribution in [1.29, 1.82) is 0 Å². The Morgan fingerprint density at radius 2 is 2.04 bits per heavy atom. The Bertz CT molecular complexity index is 1270. The van der Waals surface area contributed by atoms with Crippen LogP contribution < -0.4 is 4.74 Å². The largest absolute Gasteiger partial charge is 0.497 e. The summed E-state index contributed by atoms with van der Waals surface area (Å²) >= 11 is 1.55. The molecule has 0 aliphatic heterocycles. The van der Waals surface area contributed by atoms with Crippen LogP contribution in [0.15, 0.2) is 62.8 Å². The topological polar surface area (TPSA) is 78.6 Å². The monoisotopic (exact) mass is 392 g/mol. The van der Waals surface area contributed by atoms with Crippen LogP contribution in [0.2, 0.25) is 0 Å². The second kappa shape index (κ2) is 6.72. The third kappa shape index (κ3) is 2.82. The van der Waals surface area contributed by atoms with Gasteiger partial charge in [-0.05, 0) is 42.8 Å². The van der Waals surface area contributed by atoms with E-state index < -0.39 is 0 Å². The molecule has 0 saturated carbocycles. The molecule has 8 heteroatoms. The van der Waals surface area contributed by atoms with E-state index in [0.29, 0.717) is 17.3 Å². The molecule has 5 rings (SSSR count). The lowest BCUT2D eigenvalue weighted by Crippen LogP contribution is -1.94. The van der Waals surface area contributed by atoms with Crippen LogP contribution in [0.4, 0.5) is 0 Å². The number of nitrogens with zero attached hydrogens (tertiary/aromatic N) is 4. The Balaban J connectivity index is 1.50. The molecule has 0 N–H and O–H groups in total. The summed E-state index contributed by atoms with van der Waals surface area (Å²) in [6.45, 7) is 2.07. The van der Waals surface area contributed by atoms with Crippen LogP contribution >= 0.6 is 11.8 Å². The first-order valence-corrected chi connectivity index (χ1v) is 9.66. The van der Waals surface area contributed by atoms with Gasteiger partial charge in [0, 0.05) is 23.3 Å². The van der Waals surface area contributed by atoms with Gasteiger partial charge >= 0.3 is 0 Å². The molecule has 0 fully saturated rings. The Kier molecular flexibility index (Phi) is 4.05. The summed E-state index contributed by atoms with van der Waals surface area (Å²) in [7, 11) is 1.66. The van der Waals surface area contributed by atoms with Gasteiger partial charge in [0.05, 0.1) is 24.6 Å². The molecule has 0 aliphatic carbocycles. The number of hydrogen-bond acceptors (Lipinski definition) is 7. The van der Waals surface area contributed by atoms with E-state index in [1.54, 1.807) is 25.1 Å². The van der Waals surface area contributed by atoms with Gasteiger partial charge in [-0.1, -0.05) is 16.9 Å². The number of aromatic nitrogens is 4. The van der Waals surface area contributed by atoms with E-state index in [-0.39, 0.29) is 0 Å². The van der Waals surface area contributed by atoms with Crippen molar-refractivity contribution in [3.63, 3.8) is 0 Å². The first kappa shape index (κ1) is 16.9. The van der Waals surface area contributed by atoms with Crippen LogP contribution in [0, 0.1) is 6.92 Å². The molecule has 0 amide bonds. The van der Waals surface area contributed by atoms with Gasteiger partial charge < -0.3 is 13.7 Å². The zero-order valence-corrected chi connectivity index (χ0v) is 16.1. The van der Waals surface area contributed by atoms with Gasteiger partial charge in [0.15, 0.2) is 16.6 Å². The minimum absolute atomic E-state index is 0.602. The molecular weight excluding hydrogens is 376 g/mol. The lowest BCUT2D eigenvalue weighted by molar-refractivity contribution is 0.413. The van der Waals surface area contributed by atoms with Gasteiger partial charge in [0.2, 0.25) is 5.76 Å². The molecule has 0 bridgehead atoms. The number of rotatable bonds is 5. The molecule has 140 valence electrons. The number of pyridine rings is 1. The summed E-state index contributed by atoms with van der Waals surface area (Å²) in [4.78, 5) is 0. The molecular formula is C20H16N4O3S. The first-order valence-electron chi connectivity index (χ1n) is 8.67. The third-order valence-electron chi connectivity index (χ3n) is 4.55. The zero-order valence-electron chi connectivity index (χ0n) is 15.2. The Hall–Kier alpha value is -3.26. The maximum absolute atomic E-state index is 5.40. The van der Waals surface area contributed by atoms with E-state index in [1.807, 2.05) is 40.8 Å². The van der Waals surface area contributed by atoms with Gasteiger partial charge in [-0.3, -0.25) is 4.40 Å². The van der Waals surface area contributed by atoms with E-state index in [4.69, 9.17) is 13.7 Å². The van der Waals surface area contributed by atoms with Crippen molar-refractivity contribution < 1.29 is 13.7 Å². The maximum Gasteiger partial charge on any atom is 0.202 e. The van der Waals surface area contributed by atoms with Gasteiger partial charge in [-0.15, -0.1) is 10.2 Å². The molecule has 1 aromatic carbocycles. The van der Waals surface area contributed by atoms with Crippen LogP contribution in [0.3, 0.4) is 0 Å². The average molecular weight is 392 g/mol. The number of ether oxygens (including phenoxy) is 1. The predicted octanol–water partition coefficient (Wildman–Crippen LogP) is 4.74. The zero-order chi connectivity index (χ0) is 19.1. The average Bonchev–Trinajstić information content (AvgIpc) is 3.46. The molecule has 4 aromatic heterocycles. The standard InChI is InChI=1S/C20H16N4O3S/c1-12-8-19-21-22-20(24(19)16-10-14(25-2)5-6-15(12)16)28-11-13-9-18(27-23-13)17-4-3-7-26-17/h3-10H,11H2,1-2H3. The summed E-state index contributed by atoms with van der Waals surface area (Å²) in [5, 5.41) is 14.8. The van der Waals surface area contributed by atoms with Gasteiger partial charge in [0.25, 0.3) is 0 Å². The summed E-state index contributed by atoms with van der Waals surface area (Å²) in [5.74, 6) is 2.66. The van der Waals surface area contributed by atoms with Crippen molar-refractivity contribution in [2.45, 2.75) is 17.8 Å². The second-order valence-corrected chi connectivity index (χ2v) is 7.28. The van der Waals surface area contributed by atoms with E-state index in [9.17, 15) is 0 Å². The highest BCUT2D eigenvalue weighted by Crippen LogP contribution is 2.30. The lowest BCUT2D eigenvalue weighted by Gasteiger charge is -2.09. The van der Waals surface area contributed by atoms with Crippen LogP contribution in [-0.4, -0.2) is 26.9 Å². The van der Waals surface area contributed by atoms with Crippen molar-refractivity contribution in [3.05, 3.63) is 60.0 Å². The molecule has 4 heterocycles. The van der Waals surface area contributed by atoms with Crippen molar-refractivity contribution in [2.75, 3.05) is 7.11 Å². The second-order valence-electron chi connectivity index (χ2n) is 6.34. The summed E-state index contributed by atoms with van der Waals surface area (Å²) in [6.07, 6.45) is 1.61. The lowest BCUT2D eigenvalue weighted by atomic mass is 10.1. The number of fused-ring (bicyclic) bond motifs is 3. The molecule has 28 heavy (non-hydrogen) atoms. The third-order valence-corrected chi connectivity index (χ3v) is 5.51. The van der Waals surface area contributed by atoms with Crippen LogP contribution in [0.5, 0.6) is 5.75 Å². The number of thioether (sulfide) groups is 1. The van der Waals surface area contributed by atoms with Crippen LogP contribution in [0.1, 0.15) is 11.3 Å². The highest BCUT2D eigenvalue weighted by atomic mass is 32.2. The fourth-order valence-electron chi connectivity index (χ4n) is 3.18. The fraction of sp³-hybridized carbons (Fsp3) is 0.150. The number of hydrogen-bond donors (Lipinski definition) is 0. The number of benzene rings is 1. The van der Waals surface area contributed by atoms with Crippen molar-refractivity contribution in [2.24, 2.45) is 0 Å². The maximum atomic E-state index is 5.40. The molecule has 5 aromatic rings. The number of furan rings is 1. The molecule has 0 atom stereocenters. The minimum Gasteiger partial charge on any atom is -0.497 e. The highest BCUT2D eigenvalue weighted by Gasteiger charge is 2.14. The molecule has 0 radical (unpaired) electrons. The van der Waals surface area contributed by atoms with Crippen molar-refractivity contribution in [1.82, 2.24) is 19.8 Å². The van der Waals surface area contributed by atoms with Gasteiger partial charge in [-0.25, -0.2) is 0 Å². The summed E-state index contributed by atoms with van der Waals surface area (Å²) < 4.78 is 18.2. The first-order chi connectivity index (χ1) is 13.7. The van der Waals surface area contributed by atoms with E-state index in [0.717, 1.165) is 38.7 Å². The molecule has 0 saturated heterocycles. The number of methoxy groups -OCH3 is 1. The van der Waals surface area contributed by atoms with E-state index in [2.05, 4.69) is 28.3 Å². The minimum atomic E-state index is 0.602. The van der Waals surface area contributed by atoms with Crippen LogP contribution in [-0.2, 0) is 5.75 Å². The molecule has 0 unspecified atom stereocenters. The normalized spacial score (nSPS) is 11.5. The Morgan fingerprint density at radius 1 is 1.11 bits per heavy atom. The fourth-order valence-corrected chi connectivity index (χ4v) is 4.01.